The average Bonchev–Trinajstić information content (AvgIpc) is 2.68. The van der Waals surface area contributed by atoms with Crippen molar-refractivity contribution in [1.29, 1.82) is 0 Å². The molecule has 0 aromatic heterocycles. The topological polar surface area (TPSA) is 64.1 Å². The van der Waals surface area contributed by atoms with Gasteiger partial charge in [0.15, 0.2) is 17.5 Å². The van der Waals surface area contributed by atoms with Gasteiger partial charge in [-0.3, -0.25) is 4.99 Å². The van der Waals surface area contributed by atoms with E-state index in [2.05, 4.69) is 31.6 Å². The van der Waals surface area contributed by atoms with Gasteiger partial charge in [0.05, 0.1) is 21.3 Å². The first-order valence-electron chi connectivity index (χ1n) is 8.09. The molecule has 148 valence electrons. The summed E-state index contributed by atoms with van der Waals surface area (Å²) in [6.07, 6.45) is 0. The standard InChI is InChI=1S/C19H24BrN3O3.HI/c1-21-19(22-11-13-7-5-6-8-16(13)24-2)23-12-14-9-17(25-3)18(26-4)10-15(14)20;/h5-10H,11-12H2,1-4H3,(H2,21,22,23);1H. The Morgan fingerprint density at radius 1 is 0.889 bits per heavy atom. The molecule has 27 heavy (non-hydrogen) atoms. The molecule has 0 radical (unpaired) electrons. The minimum Gasteiger partial charge on any atom is -0.496 e. The van der Waals surface area contributed by atoms with Crippen LogP contribution in [0.3, 0.4) is 0 Å². The van der Waals surface area contributed by atoms with Crippen LogP contribution in [-0.4, -0.2) is 34.3 Å². The number of rotatable bonds is 7. The summed E-state index contributed by atoms with van der Waals surface area (Å²) >= 11 is 3.57. The predicted octanol–water partition coefficient (Wildman–Crippen LogP) is 3.96. The van der Waals surface area contributed by atoms with Crippen molar-refractivity contribution in [3.8, 4) is 17.2 Å². The summed E-state index contributed by atoms with van der Waals surface area (Å²) in [6, 6.07) is 11.7. The third kappa shape index (κ3) is 6.46. The second kappa shape index (κ2) is 11.9. The summed E-state index contributed by atoms with van der Waals surface area (Å²) in [4.78, 5) is 4.26. The first kappa shape index (κ1) is 23.4. The van der Waals surface area contributed by atoms with Crippen LogP contribution in [0.2, 0.25) is 0 Å². The van der Waals surface area contributed by atoms with E-state index in [4.69, 9.17) is 14.2 Å². The van der Waals surface area contributed by atoms with E-state index in [0.29, 0.717) is 30.5 Å². The summed E-state index contributed by atoms with van der Waals surface area (Å²) in [6.45, 7) is 1.18. The van der Waals surface area contributed by atoms with E-state index in [1.54, 1.807) is 28.4 Å². The molecule has 0 aliphatic rings. The highest BCUT2D eigenvalue weighted by atomic mass is 127. The van der Waals surface area contributed by atoms with Gasteiger partial charge >= 0.3 is 0 Å². The second-order valence-corrected chi connectivity index (χ2v) is 6.24. The monoisotopic (exact) mass is 549 g/mol. The average molecular weight is 550 g/mol. The van der Waals surface area contributed by atoms with E-state index in [1.807, 2.05) is 36.4 Å². The van der Waals surface area contributed by atoms with Crippen LogP contribution < -0.4 is 24.8 Å². The minimum atomic E-state index is 0. The number of methoxy groups -OCH3 is 3. The van der Waals surface area contributed by atoms with Crippen LogP contribution in [0.25, 0.3) is 0 Å². The molecule has 2 N–H and O–H groups in total. The summed E-state index contributed by atoms with van der Waals surface area (Å²) in [7, 11) is 6.64. The molecule has 0 aliphatic carbocycles. The molecule has 0 saturated heterocycles. The summed E-state index contributed by atoms with van der Waals surface area (Å²) in [5, 5.41) is 6.58. The molecule has 2 rings (SSSR count). The molecule has 0 saturated carbocycles. The van der Waals surface area contributed by atoms with Crippen LogP contribution >= 0.6 is 39.9 Å². The Bertz CT molecular complexity index is 772. The fraction of sp³-hybridized carbons (Fsp3) is 0.316. The molecule has 0 heterocycles. The van der Waals surface area contributed by atoms with Gasteiger partial charge in [0.25, 0.3) is 0 Å². The predicted molar refractivity (Wildman–Crippen MR) is 123 cm³/mol. The van der Waals surface area contributed by atoms with Crippen molar-refractivity contribution in [3.05, 3.63) is 52.0 Å². The first-order valence-corrected chi connectivity index (χ1v) is 8.89. The van der Waals surface area contributed by atoms with Crippen molar-refractivity contribution >= 4 is 45.9 Å². The number of ether oxygens (including phenoxy) is 3. The molecular formula is C19H25BrIN3O3. The SMILES string of the molecule is CN=C(NCc1cc(OC)c(OC)cc1Br)NCc1ccccc1OC.I. The fourth-order valence-corrected chi connectivity index (χ4v) is 2.92. The van der Waals surface area contributed by atoms with E-state index in [9.17, 15) is 0 Å². The molecular weight excluding hydrogens is 525 g/mol. The van der Waals surface area contributed by atoms with Gasteiger partial charge in [-0.2, -0.15) is 0 Å². The molecule has 2 aromatic carbocycles. The van der Waals surface area contributed by atoms with Crippen LogP contribution in [0.1, 0.15) is 11.1 Å². The third-order valence-corrected chi connectivity index (χ3v) is 4.60. The molecule has 0 atom stereocenters. The molecule has 6 nitrogen and oxygen atoms in total. The molecule has 0 unspecified atom stereocenters. The summed E-state index contributed by atoms with van der Waals surface area (Å²) in [5.74, 6) is 2.90. The van der Waals surface area contributed by atoms with Gasteiger partial charge in [0, 0.05) is 30.2 Å². The normalized spacial score (nSPS) is 10.6. The lowest BCUT2D eigenvalue weighted by atomic mass is 10.2. The Hall–Kier alpha value is -1.68. The van der Waals surface area contributed by atoms with Crippen LogP contribution in [0.5, 0.6) is 17.2 Å². The lowest BCUT2D eigenvalue weighted by molar-refractivity contribution is 0.354. The maximum atomic E-state index is 5.37. The number of nitrogens with zero attached hydrogens (tertiary/aromatic N) is 1. The summed E-state index contributed by atoms with van der Waals surface area (Å²) < 4.78 is 17.0. The first-order chi connectivity index (χ1) is 12.6. The van der Waals surface area contributed by atoms with Crippen molar-refractivity contribution in [2.75, 3.05) is 28.4 Å². The molecule has 0 spiro atoms. The summed E-state index contributed by atoms with van der Waals surface area (Å²) in [5.41, 5.74) is 2.09. The van der Waals surface area contributed by atoms with Gasteiger partial charge in [-0.15, -0.1) is 24.0 Å². The van der Waals surface area contributed by atoms with E-state index < -0.39 is 0 Å². The number of hydrogen-bond acceptors (Lipinski definition) is 4. The largest absolute Gasteiger partial charge is 0.496 e. The van der Waals surface area contributed by atoms with Crippen molar-refractivity contribution in [3.63, 3.8) is 0 Å². The lowest BCUT2D eigenvalue weighted by Gasteiger charge is -2.15. The zero-order chi connectivity index (χ0) is 18.9. The zero-order valence-electron chi connectivity index (χ0n) is 15.8. The number of benzene rings is 2. The molecule has 0 fully saturated rings. The van der Waals surface area contributed by atoms with E-state index in [-0.39, 0.29) is 24.0 Å². The quantitative estimate of drug-likeness (QED) is 0.311. The van der Waals surface area contributed by atoms with Crippen LogP contribution in [-0.2, 0) is 13.1 Å². The number of halogens is 2. The Labute approximate surface area is 185 Å². The number of aliphatic imine (C=N–C) groups is 1. The Kier molecular flexibility index (Phi) is 10.3. The molecule has 8 heteroatoms. The number of nitrogens with one attached hydrogen (secondary N) is 2. The van der Waals surface area contributed by atoms with Crippen molar-refractivity contribution in [2.45, 2.75) is 13.1 Å². The molecule has 0 bridgehead atoms. The third-order valence-electron chi connectivity index (χ3n) is 3.86. The van der Waals surface area contributed by atoms with Crippen molar-refractivity contribution < 1.29 is 14.2 Å². The second-order valence-electron chi connectivity index (χ2n) is 5.39. The molecule has 0 amide bonds. The minimum absolute atomic E-state index is 0. The highest BCUT2D eigenvalue weighted by molar-refractivity contribution is 14.0. The van der Waals surface area contributed by atoms with Gasteiger partial charge < -0.3 is 24.8 Å². The fourth-order valence-electron chi connectivity index (χ4n) is 2.46. The van der Waals surface area contributed by atoms with Crippen molar-refractivity contribution in [2.24, 2.45) is 4.99 Å². The van der Waals surface area contributed by atoms with E-state index in [1.165, 1.54) is 0 Å². The Morgan fingerprint density at radius 3 is 2.04 bits per heavy atom. The van der Waals surface area contributed by atoms with Crippen LogP contribution in [0.4, 0.5) is 0 Å². The van der Waals surface area contributed by atoms with Gasteiger partial charge in [0.1, 0.15) is 5.75 Å². The molecule has 0 aliphatic heterocycles. The van der Waals surface area contributed by atoms with Gasteiger partial charge in [-0.05, 0) is 23.8 Å². The number of hydrogen-bond donors (Lipinski definition) is 2. The van der Waals surface area contributed by atoms with Crippen LogP contribution in [0, 0.1) is 0 Å². The Morgan fingerprint density at radius 2 is 1.44 bits per heavy atom. The van der Waals surface area contributed by atoms with Gasteiger partial charge in [0.2, 0.25) is 0 Å². The highest BCUT2D eigenvalue weighted by Crippen LogP contribution is 2.33. The smallest absolute Gasteiger partial charge is 0.191 e. The van der Waals surface area contributed by atoms with Gasteiger partial charge in [-0.25, -0.2) is 0 Å². The number of guanidine groups is 1. The van der Waals surface area contributed by atoms with E-state index >= 15 is 0 Å². The zero-order valence-corrected chi connectivity index (χ0v) is 19.8. The number of para-hydroxylation sites is 1. The maximum absolute atomic E-state index is 5.37. The lowest BCUT2D eigenvalue weighted by Crippen LogP contribution is -2.36. The van der Waals surface area contributed by atoms with E-state index in [0.717, 1.165) is 21.3 Å². The van der Waals surface area contributed by atoms with Crippen LogP contribution in [0.15, 0.2) is 45.9 Å². The maximum Gasteiger partial charge on any atom is 0.191 e. The highest BCUT2D eigenvalue weighted by Gasteiger charge is 2.10. The van der Waals surface area contributed by atoms with Crippen molar-refractivity contribution in [1.82, 2.24) is 10.6 Å². The molecule has 2 aromatic rings. The van der Waals surface area contributed by atoms with Gasteiger partial charge in [-0.1, -0.05) is 34.1 Å². The Balaban J connectivity index is 0.00000364.